The molecule has 1 rings (SSSR count). The van der Waals surface area contributed by atoms with Crippen molar-refractivity contribution in [3.63, 3.8) is 0 Å². The van der Waals surface area contributed by atoms with Crippen molar-refractivity contribution in [3.05, 3.63) is 12.3 Å². The Kier molecular flexibility index (Phi) is 1.00. The number of nitrogens with two attached hydrogens (primary N) is 1. The minimum atomic E-state index is -0.486. The van der Waals surface area contributed by atoms with E-state index in [1.54, 1.807) is 6.20 Å². The summed E-state index contributed by atoms with van der Waals surface area (Å²) in [5.74, 6) is 5.17. The Morgan fingerprint density at radius 2 is 2.57 bits per heavy atom. The van der Waals surface area contributed by atoms with Crippen molar-refractivity contribution in [2.75, 3.05) is 0 Å². The van der Waals surface area contributed by atoms with Crippen molar-refractivity contribution >= 4 is 0 Å². The minimum absolute atomic E-state index is 0.486. The topological polar surface area (TPSA) is 49.5 Å². The quantitative estimate of drug-likeness (QED) is 0.399. The summed E-state index contributed by atoms with van der Waals surface area (Å²) in [6.45, 7) is 0. The van der Waals surface area contributed by atoms with Crippen molar-refractivity contribution in [1.29, 1.82) is 0 Å². The maximum absolute atomic E-state index is 8.74. The van der Waals surface area contributed by atoms with Crippen LogP contribution < -0.4 is 5.84 Å². The maximum Gasteiger partial charge on any atom is 0.143 e. The molecular weight excluding hydrogens is 92.1 g/mol. The van der Waals surface area contributed by atoms with Crippen LogP contribution in [0.5, 0.6) is 0 Å². The van der Waals surface area contributed by atoms with Crippen LogP contribution in [0.15, 0.2) is 12.3 Å². The molecule has 1 aliphatic rings. The van der Waals surface area contributed by atoms with Gasteiger partial charge in [-0.25, -0.2) is 5.84 Å². The van der Waals surface area contributed by atoms with Crippen molar-refractivity contribution in [2.24, 2.45) is 5.84 Å². The zero-order valence-electron chi connectivity index (χ0n) is 3.91. The van der Waals surface area contributed by atoms with Crippen LogP contribution in [0.1, 0.15) is 6.42 Å². The molecule has 3 heteroatoms. The molecule has 1 unspecified atom stereocenters. The van der Waals surface area contributed by atoms with Gasteiger partial charge in [-0.05, 0) is 0 Å². The van der Waals surface area contributed by atoms with Crippen LogP contribution in [0, 0.1) is 0 Å². The normalized spacial score (nSPS) is 29.4. The van der Waals surface area contributed by atoms with Gasteiger partial charge >= 0.3 is 0 Å². The monoisotopic (exact) mass is 100 g/mol. The van der Waals surface area contributed by atoms with Gasteiger partial charge in [0.15, 0.2) is 0 Å². The highest BCUT2D eigenvalue weighted by atomic mass is 16.3. The van der Waals surface area contributed by atoms with Crippen LogP contribution in [0.3, 0.4) is 0 Å². The highest BCUT2D eigenvalue weighted by Crippen LogP contribution is 2.04. The molecule has 7 heavy (non-hydrogen) atoms. The molecular formula is C4H8N2O. The molecule has 0 radical (unpaired) electrons. The molecule has 3 nitrogen and oxygen atoms in total. The zero-order valence-corrected chi connectivity index (χ0v) is 3.91. The zero-order chi connectivity index (χ0) is 5.28. The summed E-state index contributed by atoms with van der Waals surface area (Å²) in [6.07, 6.45) is 3.64. The average Bonchev–Trinajstić information content (AvgIpc) is 1.91. The molecule has 1 atom stereocenters. The standard InChI is InChI=1S/C4H8N2O/c5-6-3-1-2-4(6)7/h1,3-4,7H,2,5H2. The summed E-state index contributed by atoms with van der Waals surface area (Å²) in [6, 6.07) is 0. The molecule has 0 fully saturated rings. The van der Waals surface area contributed by atoms with E-state index in [9.17, 15) is 0 Å². The number of hydrazine groups is 1. The molecule has 0 bridgehead atoms. The molecule has 0 aromatic carbocycles. The molecule has 1 heterocycles. The van der Waals surface area contributed by atoms with Gasteiger partial charge in [0.25, 0.3) is 0 Å². The van der Waals surface area contributed by atoms with Gasteiger partial charge in [-0.2, -0.15) is 0 Å². The molecule has 1 aliphatic heterocycles. The molecule has 0 aliphatic carbocycles. The Labute approximate surface area is 42.0 Å². The third-order valence-electron chi connectivity index (χ3n) is 0.969. The third-order valence-corrected chi connectivity index (χ3v) is 0.969. The first-order valence-electron chi connectivity index (χ1n) is 2.18. The summed E-state index contributed by atoms with van der Waals surface area (Å²) in [5.41, 5.74) is 0. The van der Waals surface area contributed by atoms with Gasteiger partial charge in [0.2, 0.25) is 0 Å². The SMILES string of the molecule is NN1C=CCC1O. The van der Waals surface area contributed by atoms with Gasteiger partial charge in [-0.15, -0.1) is 0 Å². The van der Waals surface area contributed by atoms with Crippen LogP contribution >= 0.6 is 0 Å². The Morgan fingerprint density at radius 1 is 1.86 bits per heavy atom. The number of hydrogen-bond acceptors (Lipinski definition) is 3. The third kappa shape index (κ3) is 0.730. The minimum Gasteiger partial charge on any atom is -0.372 e. The fourth-order valence-corrected chi connectivity index (χ4v) is 0.525. The molecule has 0 aromatic heterocycles. The van der Waals surface area contributed by atoms with E-state index in [1.165, 1.54) is 5.01 Å². The molecule has 40 valence electrons. The first kappa shape index (κ1) is 4.61. The second kappa shape index (κ2) is 1.52. The van der Waals surface area contributed by atoms with E-state index in [1.807, 2.05) is 6.08 Å². The Balaban J connectivity index is 2.45. The summed E-state index contributed by atoms with van der Waals surface area (Å²) in [4.78, 5) is 0. The van der Waals surface area contributed by atoms with Crippen LogP contribution in [-0.2, 0) is 0 Å². The van der Waals surface area contributed by atoms with Gasteiger partial charge < -0.3 is 5.11 Å². The molecule has 0 spiro atoms. The van der Waals surface area contributed by atoms with Crippen LogP contribution in [0.4, 0.5) is 0 Å². The van der Waals surface area contributed by atoms with E-state index in [2.05, 4.69) is 0 Å². The smallest absolute Gasteiger partial charge is 0.143 e. The second-order valence-corrected chi connectivity index (χ2v) is 1.55. The lowest BCUT2D eigenvalue weighted by Crippen LogP contribution is -2.32. The van der Waals surface area contributed by atoms with Crippen molar-refractivity contribution < 1.29 is 5.11 Å². The van der Waals surface area contributed by atoms with Gasteiger partial charge in [0.05, 0.1) is 0 Å². The lowest BCUT2D eigenvalue weighted by molar-refractivity contribution is 0.0537. The maximum atomic E-state index is 8.74. The fourth-order valence-electron chi connectivity index (χ4n) is 0.525. The van der Waals surface area contributed by atoms with Crippen LogP contribution in [0.2, 0.25) is 0 Å². The first-order valence-corrected chi connectivity index (χ1v) is 2.18. The number of hydrogen-bond donors (Lipinski definition) is 2. The summed E-state index contributed by atoms with van der Waals surface area (Å²) >= 11 is 0. The van der Waals surface area contributed by atoms with Gasteiger partial charge in [0, 0.05) is 12.6 Å². The van der Waals surface area contributed by atoms with E-state index < -0.39 is 6.23 Å². The van der Waals surface area contributed by atoms with E-state index in [0.717, 1.165) is 0 Å². The largest absolute Gasteiger partial charge is 0.372 e. The molecule has 3 N–H and O–H groups in total. The first-order chi connectivity index (χ1) is 3.30. The summed E-state index contributed by atoms with van der Waals surface area (Å²) in [5, 5.41) is 10.0. The summed E-state index contributed by atoms with van der Waals surface area (Å²) < 4.78 is 0. The van der Waals surface area contributed by atoms with Gasteiger partial charge in [-0.3, -0.25) is 5.01 Å². The Hall–Kier alpha value is -0.540. The predicted octanol–water partition coefficient (Wildman–Crippen LogP) is -0.602. The second-order valence-electron chi connectivity index (χ2n) is 1.55. The lowest BCUT2D eigenvalue weighted by Gasteiger charge is -2.12. The van der Waals surface area contributed by atoms with E-state index in [-0.39, 0.29) is 0 Å². The van der Waals surface area contributed by atoms with Gasteiger partial charge in [0.1, 0.15) is 6.23 Å². The Bertz CT molecular complexity index is 91.7. The number of aliphatic hydroxyl groups is 1. The predicted molar refractivity (Wildman–Crippen MR) is 25.8 cm³/mol. The van der Waals surface area contributed by atoms with E-state index in [0.29, 0.717) is 6.42 Å². The fraction of sp³-hybridized carbons (Fsp3) is 0.500. The highest BCUT2D eigenvalue weighted by Gasteiger charge is 2.09. The van der Waals surface area contributed by atoms with E-state index >= 15 is 0 Å². The lowest BCUT2D eigenvalue weighted by atomic mass is 10.4. The average molecular weight is 100 g/mol. The van der Waals surface area contributed by atoms with E-state index in [4.69, 9.17) is 10.9 Å². The van der Waals surface area contributed by atoms with Crippen LogP contribution in [-0.4, -0.2) is 16.3 Å². The number of rotatable bonds is 0. The van der Waals surface area contributed by atoms with Crippen molar-refractivity contribution in [3.8, 4) is 0 Å². The van der Waals surface area contributed by atoms with Crippen molar-refractivity contribution in [1.82, 2.24) is 5.01 Å². The molecule has 0 aromatic rings. The molecule has 0 saturated carbocycles. The molecule has 0 amide bonds. The van der Waals surface area contributed by atoms with Crippen LogP contribution in [0.25, 0.3) is 0 Å². The highest BCUT2D eigenvalue weighted by molar-refractivity contribution is 4.90. The van der Waals surface area contributed by atoms with Crippen molar-refractivity contribution in [2.45, 2.75) is 12.6 Å². The van der Waals surface area contributed by atoms with Gasteiger partial charge in [-0.1, -0.05) is 6.08 Å². The Morgan fingerprint density at radius 3 is 2.71 bits per heavy atom. The summed E-state index contributed by atoms with van der Waals surface area (Å²) in [7, 11) is 0. The number of nitrogens with zero attached hydrogens (tertiary/aromatic N) is 1. The molecule has 0 saturated heterocycles. The number of aliphatic hydroxyl groups excluding tert-OH is 1.